The van der Waals surface area contributed by atoms with Gasteiger partial charge < -0.3 is 4.74 Å². The number of hydrogen-bond donors (Lipinski definition) is 0. The summed E-state index contributed by atoms with van der Waals surface area (Å²) in [5, 5.41) is 0. The third-order valence-electron chi connectivity index (χ3n) is 3.03. The lowest BCUT2D eigenvalue weighted by atomic mass is 9.94. The van der Waals surface area contributed by atoms with E-state index < -0.39 is 0 Å². The van der Waals surface area contributed by atoms with Crippen molar-refractivity contribution in [3.05, 3.63) is 12.2 Å². The molecular weight excluding hydrogens is 164 g/mol. The van der Waals surface area contributed by atoms with Crippen molar-refractivity contribution >= 4 is 5.97 Å². The molecule has 0 amide bonds. The normalized spacial score (nSPS) is 35.3. The SMILES string of the molecule is CCCOC(=O)C1CC2C=CC1C2. The summed E-state index contributed by atoms with van der Waals surface area (Å²) in [7, 11) is 0. The molecule has 2 aliphatic rings. The Balaban J connectivity index is 1.88. The maximum atomic E-state index is 11.5. The number of carbonyl (C=O) groups excluding carboxylic acids is 1. The number of rotatable bonds is 3. The molecule has 0 aliphatic heterocycles. The molecule has 2 rings (SSSR count). The van der Waals surface area contributed by atoms with Crippen LogP contribution in [0.25, 0.3) is 0 Å². The standard InChI is InChI=1S/C11H16O2/c1-2-5-13-11(12)10-7-8-3-4-9(10)6-8/h3-4,8-10H,2,5-7H2,1H3. The molecule has 0 aromatic heterocycles. The van der Waals surface area contributed by atoms with Crippen LogP contribution in [0.5, 0.6) is 0 Å². The molecule has 2 heteroatoms. The van der Waals surface area contributed by atoms with Crippen LogP contribution in [0, 0.1) is 17.8 Å². The topological polar surface area (TPSA) is 26.3 Å². The summed E-state index contributed by atoms with van der Waals surface area (Å²) < 4.78 is 5.15. The molecule has 72 valence electrons. The molecular formula is C11H16O2. The monoisotopic (exact) mass is 180 g/mol. The molecule has 0 aromatic carbocycles. The molecule has 2 aliphatic carbocycles. The van der Waals surface area contributed by atoms with E-state index in [1.165, 1.54) is 6.42 Å². The zero-order valence-corrected chi connectivity index (χ0v) is 8.03. The lowest BCUT2D eigenvalue weighted by molar-refractivity contribution is -0.149. The number of carbonyl (C=O) groups is 1. The fourth-order valence-electron chi connectivity index (χ4n) is 2.36. The van der Waals surface area contributed by atoms with Gasteiger partial charge in [-0.05, 0) is 31.1 Å². The second-order valence-electron chi connectivity index (χ2n) is 4.05. The van der Waals surface area contributed by atoms with Crippen LogP contribution in [0.4, 0.5) is 0 Å². The Kier molecular flexibility index (Phi) is 2.38. The van der Waals surface area contributed by atoms with Gasteiger partial charge in [-0.25, -0.2) is 0 Å². The van der Waals surface area contributed by atoms with Crippen molar-refractivity contribution in [1.29, 1.82) is 0 Å². The van der Waals surface area contributed by atoms with Gasteiger partial charge in [-0.15, -0.1) is 0 Å². The van der Waals surface area contributed by atoms with Crippen LogP contribution in [0.1, 0.15) is 26.2 Å². The number of esters is 1. The molecule has 2 nitrogen and oxygen atoms in total. The van der Waals surface area contributed by atoms with Crippen molar-refractivity contribution in [2.24, 2.45) is 17.8 Å². The highest BCUT2D eigenvalue weighted by Crippen LogP contribution is 2.43. The van der Waals surface area contributed by atoms with Crippen molar-refractivity contribution in [3.8, 4) is 0 Å². The largest absolute Gasteiger partial charge is 0.465 e. The van der Waals surface area contributed by atoms with Gasteiger partial charge in [0.25, 0.3) is 0 Å². The predicted octanol–water partition coefficient (Wildman–Crippen LogP) is 2.15. The summed E-state index contributed by atoms with van der Waals surface area (Å²) in [5.74, 6) is 1.33. The highest BCUT2D eigenvalue weighted by atomic mass is 16.5. The van der Waals surface area contributed by atoms with Gasteiger partial charge in [0.2, 0.25) is 0 Å². The van der Waals surface area contributed by atoms with Gasteiger partial charge >= 0.3 is 5.97 Å². The first-order valence-corrected chi connectivity index (χ1v) is 5.16. The lowest BCUT2D eigenvalue weighted by Gasteiger charge is -2.16. The van der Waals surface area contributed by atoms with Crippen molar-refractivity contribution in [2.45, 2.75) is 26.2 Å². The molecule has 0 saturated heterocycles. The smallest absolute Gasteiger partial charge is 0.309 e. The van der Waals surface area contributed by atoms with E-state index in [0.717, 1.165) is 12.8 Å². The van der Waals surface area contributed by atoms with Crippen molar-refractivity contribution in [1.82, 2.24) is 0 Å². The zero-order valence-electron chi connectivity index (χ0n) is 8.03. The van der Waals surface area contributed by atoms with Gasteiger partial charge in [-0.2, -0.15) is 0 Å². The van der Waals surface area contributed by atoms with Crippen LogP contribution >= 0.6 is 0 Å². The van der Waals surface area contributed by atoms with Crippen molar-refractivity contribution in [3.63, 3.8) is 0 Å². The lowest BCUT2D eigenvalue weighted by Crippen LogP contribution is -2.21. The van der Waals surface area contributed by atoms with E-state index in [2.05, 4.69) is 12.2 Å². The van der Waals surface area contributed by atoms with Gasteiger partial charge in [-0.3, -0.25) is 4.79 Å². The Labute approximate surface area is 79.0 Å². The van der Waals surface area contributed by atoms with Crippen LogP contribution in [-0.2, 0) is 9.53 Å². The first-order chi connectivity index (χ1) is 6.31. The summed E-state index contributed by atoms with van der Waals surface area (Å²) >= 11 is 0. The van der Waals surface area contributed by atoms with Crippen LogP contribution in [0.3, 0.4) is 0 Å². The van der Waals surface area contributed by atoms with Crippen LogP contribution < -0.4 is 0 Å². The quantitative estimate of drug-likeness (QED) is 0.491. The number of allylic oxidation sites excluding steroid dienone is 2. The number of fused-ring (bicyclic) bond motifs is 2. The molecule has 3 atom stereocenters. The molecule has 3 unspecified atom stereocenters. The summed E-state index contributed by atoms with van der Waals surface area (Å²) in [6.45, 7) is 2.60. The minimum Gasteiger partial charge on any atom is -0.465 e. The first-order valence-electron chi connectivity index (χ1n) is 5.16. The Bertz CT molecular complexity index is 232. The molecule has 0 aromatic rings. The average Bonchev–Trinajstić information content (AvgIpc) is 2.74. The Hall–Kier alpha value is -0.790. The van der Waals surface area contributed by atoms with E-state index in [1.54, 1.807) is 0 Å². The van der Waals surface area contributed by atoms with E-state index in [9.17, 15) is 4.79 Å². The molecule has 1 fully saturated rings. The van der Waals surface area contributed by atoms with E-state index in [-0.39, 0.29) is 11.9 Å². The highest BCUT2D eigenvalue weighted by Gasteiger charge is 2.40. The van der Waals surface area contributed by atoms with E-state index in [1.807, 2.05) is 6.92 Å². The minimum atomic E-state index is 0.0266. The predicted molar refractivity (Wildman–Crippen MR) is 50.1 cm³/mol. The fraction of sp³-hybridized carbons (Fsp3) is 0.727. The zero-order chi connectivity index (χ0) is 9.26. The van der Waals surface area contributed by atoms with E-state index in [4.69, 9.17) is 4.74 Å². The third-order valence-corrected chi connectivity index (χ3v) is 3.03. The van der Waals surface area contributed by atoms with Gasteiger partial charge in [0.1, 0.15) is 0 Å². The third kappa shape index (κ3) is 1.62. The minimum absolute atomic E-state index is 0.0266. The number of ether oxygens (including phenoxy) is 1. The summed E-state index contributed by atoms with van der Waals surface area (Å²) in [6.07, 6.45) is 7.54. The van der Waals surface area contributed by atoms with Gasteiger partial charge in [0, 0.05) is 0 Å². The van der Waals surface area contributed by atoms with Crippen LogP contribution in [-0.4, -0.2) is 12.6 Å². The fourth-order valence-corrected chi connectivity index (χ4v) is 2.36. The summed E-state index contributed by atoms with van der Waals surface area (Å²) in [4.78, 5) is 11.5. The molecule has 0 N–H and O–H groups in total. The summed E-state index contributed by atoms with van der Waals surface area (Å²) in [5.41, 5.74) is 0. The molecule has 1 saturated carbocycles. The average molecular weight is 180 g/mol. The van der Waals surface area contributed by atoms with E-state index >= 15 is 0 Å². The molecule has 13 heavy (non-hydrogen) atoms. The molecule has 0 radical (unpaired) electrons. The Morgan fingerprint density at radius 2 is 2.31 bits per heavy atom. The van der Waals surface area contributed by atoms with Gasteiger partial charge in [0.15, 0.2) is 0 Å². The maximum Gasteiger partial charge on any atom is 0.309 e. The molecule has 0 spiro atoms. The van der Waals surface area contributed by atoms with E-state index in [0.29, 0.717) is 18.4 Å². The first kappa shape index (κ1) is 8.79. The Morgan fingerprint density at radius 1 is 1.46 bits per heavy atom. The molecule has 2 bridgehead atoms. The van der Waals surface area contributed by atoms with Gasteiger partial charge in [0.05, 0.1) is 12.5 Å². The Morgan fingerprint density at radius 3 is 2.85 bits per heavy atom. The van der Waals surface area contributed by atoms with Crippen molar-refractivity contribution < 1.29 is 9.53 Å². The van der Waals surface area contributed by atoms with Crippen molar-refractivity contribution in [2.75, 3.05) is 6.61 Å². The summed E-state index contributed by atoms with van der Waals surface area (Å²) in [6, 6.07) is 0. The maximum absolute atomic E-state index is 11.5. The number of hydrogen-bond acceptors (Lipinski definition) is 2. The second kappa shape index (κ2) is 3.52. The molecule has 0 heterocycles. The van der Waals surface area contributed by atoms with Crippen LogP contribution in [0.2, 0.25) is 0 Å². The second-order valence-corrected chi connectivity index (χ2v) is 4.05. The van der Waals surface area contributed by atoms with Gasteiger partial charge in [-0.1, -0.05) is 19.1 Å². The highest BCUT2D eigenvalue weighted by molar-refractivity contribution is 5.74. The van der Waals surface area contributed by atoms with Crippen LogP contribution in [0.15, 0.2) is 12.2 Å².